The van der Waals surface area contributed by atoms with E-state index in [4.69, 9.17) is 0 Å². The highest BCUT2D eigenvalue weighted by Gasteiger charge is 2.25. The van der Waals surface area contributed by atoms with Crippen molar-refractivity contribution in [3.8, 4) is 0 Å². The SMILES string of the molecule is Cc1nc(C)c(C)c(N2CCCC(C(C)O)C2)n1. The van der Waals surface area contributed by atoms with Crippen molar-refractivity contribution in [1.29, 1.82) is 0 Å². The smallest absolute Gasteiger partial charge is 0.135 e. The van der Waals surface area contributed by atoms with E-state index in [1.807, 2.05) is 20.8 Å². The molecule has 0 radical (unpaired) electrons. The van der Waals surface area contributed by atoms with Gasteiger partial charge in [-0.15, -0.1) is 0 Å². The fourth-order valence-electron chi connectivity index (χ4n) is 2.65. The number of nitrogens with zero attached hydrogens (tertiary/aromatic N) is 3. The fourth-order valence-corrected chi connectivity index (χ4v) is 2.65. The van der Waals surface area contributed by atoms with Gasteiger partial charge in [0.05, 0.1) is 6.10 Å². The van der Waals surface area contributed by atoms with Crippen molar-refractivity contribution in [3.63, 3.8) is 0 Å². The van der Waals surface area contributed by atoms with Crippen molar-refractivity contribution in [2.24, 2.45) is 5.92 Å². The minimum atomic E-state index is -0.239. The lowest BCUT2D eigenvalue weighted by molar-refractivity contribution is 0.115. The van der Waals surface area contributed by atoms with E-state index in [1.54, 1.807) is 0 Å². The van der Waals surface area contributed by atoms with Gasteiger partial charge in [-0.05, 0) is 40.5 Å². The monoisotopic (exact) mass is 249 g/mol. The first-order valence-electron chi connectivity index (χ1n) is 6.74. The second-order valence-corrected chi connectivity index (χ2v) is 5.39. The van der Waals surface area contributed by atoms with Crippen LogP contribution in [0.15, 0.2) is 0 Å². The average molecular weight is 249 g/mol. The van der Waals surface area contributed by atoms with Gasteiger partial charge in [-0.3, -0.25) is 0 Å². The number of hydrogen-bond donors (Lipinski definition) is 1. The summed E-state index contributed by atoms with van der Waals surface area (Å²) in [5.41, 5.74) is 2.21. The maximum Gasteiger partial charge on any atom is 0.135 e. The Bertz CT molecular complexity index is 431. The molecule has 1 aromatic rings. The van der Waals surface area contributed by atoms with E-state index >= 15 is 0 Å². The molecule has 1 aromatic heterocycles. The molecule has 0 aromatic carbocycles. The molecule has 0 bridgehead atoms. The van der Waals surface area contributed by atoms with Crippen molar-refractivity contribution < 1.29 is 5.11 Å². The van der Waals surface area contributed by atoms with Gasteiger partial charge in [0.25, 0.3) is 0 Å². The van der Waals surface area contributed by atoms with Gasteiger partial charge in [-0.1, -0.05) is 0 Å². The first-order chi connectivity index (χ1) is 8.49. The highest BCUT2D eigenvalue weighted by atomic mass is 16.3. The van der Waals surface area contributed by atoms with E-state index in [0.29, 0.717) is 5.92 Å². The summed E-state index contributed by atoms with van der Waals surface area (Å²) >= 11 is 0. The van der Waals surface area contributed by atoms with Crippen LogP contribution in [0.3, 0.4) is 0 Å². The molecular weight excluding hydrogens is 226 g/mol. The predicted molar refractivity (Wildman–Crippen MR) is 72.9 cm³/mol. The van der Waals surface area contributed by atoms with Gasteiger partial charge < -0.3 is 10.0 Å². The third-order valence-electron chi connectivity index (χ3n) is 3.91. The molecule has 1 aliphatic rings. The van der Waals surface area contributed by atoms with E-state index in [-0.39, 0.29) is 6.10 Å². The molecule has 0 amide bonds. The zero-order valence-electron chi connectivity index (χ0n) is 11.8. The number of aliphatic hydroxyl groups excluding tert-OH is 1. The van der Waals surface area contributed by atoms with Crippen molar-refractivity contribution in [2.45, 2.75) is 46.6 Å². The number of piperidine rings is 1. The first kappa shape index (κ1) is 13.3. The molecular formula is C14H23N3O. The minimum Gasteiger partial charge on any atom is -0.393 e. The number of aromatic nitrogens is 2. The van der Waals surface area contributed by atoms with Gasteiger partial charge in [-0.2, -0.15) is 0 Å². The average Bonchev–Trinajstić information content (AvgIpc) is 2.34. The van der Waals surface area contributed by atoms with Crippen LogP contribution in [0.4, 0.5) is 5.82 Å². The molecule has 18 heavy (non-hydrogen) atoms. The van der Waals surface area contributed by atoms with Crippen LogP contribution in [0.2, 0.25) is 0 Å². The maximum absolute atomic E-state index is 9.76. The van der Waals surface area contributed by atoms with Crippen molar-refractivity contribution in [2.75, 3.05) is 18.0 Å². The van der Waals surface area contributed by atoms with Crippen LogP contribution in [0.5, 0.6) is 0 Å². The van der Waals surface area contributed by atoms with Gasteiger partial charge in [0.15, 0.2) is 0 Å². The summed E-state index contributed by atoms with van der Waals surface area (Å²) in [7, 11) is 0. The van der Waals surface area contributed by atoms with Gasteiger partial charge in [-0.25, -0.2) is 9.97 Å². The fraction of sp³-hybridized carbons (Fsp3) is 0.714. The van der Waals surface area contributed by atoms with Crippen LogP contribution in [0.25, 0.3) is 0 Å². The predicted octanol–water partition coefficient (Wildman–Crippen LogP) is 2.00. The third-order valence-corrected chi connectivity index (χ3v) is 3.91. The van der Waals surface area contributed by atoms with Crippen LogP contribution in [-0.2, 0) is 0 Å². The lowest BCUT2D eigenvalue weighted by Crippen LogP contribution is -2.40. The number of anilines is 1. The van der Waals surface area contributed by atoms with Crippen LogP contribution >= 0.6 is 0 Å². The standard InChI is InChI=1S/C14H23N3O/c1-9-10(2)15-12(4)16-14(9)17-7-5-6-13(8-17)11(3)18/h11,13,18H,5-8H2,1-4H3. The molecule has 2 atom stereocenters. The molecule has 1 aliphatic heterocycles. The zero-order chi connectivity index (χ0) is 13.3. The summed E-state index contributed by atoms with van der Waals surface area (Å²) in [6.07, 6.45) is 1.99. The van der Waals surface area contributed by atoms with E-state index in [9.17, 15) is 5.11 Å². The van der Waals surface area contributed by atoms with Crippen LogP contribution < -0.4 is 4.90 Å². The molecule has 4 nitrogen and oxygen atoms in total. The molecule has 0 spiro atoms. The molecule has 2 heterocycles. The quantitative estimate of drug-likeness (QED) is 0.871. The van der Waals surface area contributed by atoms with Gasteiger partial charge >= 0.3 is 0 Å². The van der Waals surface area contributed by atoms with E-state index in [1.165, 1.54) is 0 Å². The molecule has 0 saturated carbocycles. The van der Waals surface area contributed by atoms with Crippen molar-refractivity contribution >= 4 is 5.82 Å². The molecule has 1 saturated heterocycles. The lowest BCUT2D eigenvalue weighted by Gasteiger charge is -2.35. The summed E-state index contributed by atoms with van der Waals surface area (Å²) in [6.45, 7) is 9.86. The Morgan fingerprint density at radius 2 is 2.00 bits per heavy atom. The summed E-state index contributed by atoms with van der Waals surface area (Å²) < 4.78 is 0. The largest absolute Gasteiger partial charge is 0.393 e. The first-order valence-corrected chi connectivity index (χ1v) is 6.74. The number of aryl methyl sites for hydroxylation is 2. The molecule has 4 heteroatoms. The van der Waals surface area contributed by atoms with Crippen molar-refractivity contribution in [3.05, 3.63) is 17.1 Å². The molecule has 2 unspecified atom stereocenters. The normalized spacial score (nSPS) is 22.1. The maximum atomic E-state index is 9.76. The summed E-state index contributed by atoms with van der Waals surface area (Å²) in [5.74, 6) is 2.23. The third kappa shape index (κ3) is 2.64. The number of aliphatic hydroxyl groups is 1. The Morgan fingerprint density at radius 1 is 1.28 bits per heavy atom. The molecule has 0 aliphatic carbocycles. The topological polar surface area (TPSA) is 49.2 Å². The Kier molecular flexibility index (Phi) is 3.85. The Labute approximate surface area is 109 Å². The lowest BCUT2D eigenvalue weighted by atomic mass is 9.93. The van der Waals surface area contributed by atoms with Gasteiger partial charge in [0.1, 0.15) is 11.6 Å². The minimum absolute atomic E-state index is 0.239. The van der Waals surface area contributed by atoms with Crippen LogP contribution in [0, 0.1) is 26.7 Å². The van der Waals surface area contributed by atoms with Gasteiger partial charge in [0.2, 0.25) is 0 Å². The van der Waals surface area contributed by atoms with Gasteiger partial charge in [0, 0.05) is 30.3 Å². The van der Waals surface area contributed by atoms with E-state index in [2.05, 4.69) is 21.8 Å². The Morgan fingerprint density at radius 3 is 2.67 bits per heavy atom. The summed E-state index contributed by atoms with van der Waals surface area (Å²) in [5, 5.41) is 9.76. The zero-order valence-corrected chi connectivity index (χ0v) is 11.8. The molecule has 2 rings (SSSR count). The van der Waals surface area contributed by atoms with E-state index < -0.39 is 0 Å². The highest BCUT2D eigenvalue weighted by molar-refractivity contribution is 5.48. The molecule has 100 valence electrons. The highest BCUT2D eigenvalue weighted by Crippen LogP contribution is 2.26. The Hall–Kier alpha value is -1.16. The van der Waals surface area contributed by atoms with Crippen molar-refractivity contribution in [1.82, 2.24) is 9.97 Å². The van der Waals surface area contributed by atoms with E-state index in [0.717, 1.165) is 48.8 Å². The van der Waals surface area contributed by atoms with Crippen LogP contribution in [0.1, 0.15) is 36.8 Å². The number of rotatable bonds is 2. The number of hydrogen-bond acceptors (Lipinski definition) is 4. The Balaban J connectivity index is 2.26. The summed E-state index contributed by atoms with van der Waals surface area (Å²) in [6, 6.07) is 0. The molecule has 1 fully saturated rings. The second kappa shape index (κ2) is 5.22. The summed E-state index contributed by atoms with van der Waals surface area (Å²) in [4.78, 5) is 11.3. The van der Waals surface area contributed by atoms with Crippen LogP contribution in [-0.4, -0.2) is 34.3 Å². The second-order valence-electron chi connectivity index (χ2n) is 5.39. The molecule has 1 N–H and O–H groups in total.